The lowest BCUT2D eigenvalue weighted by molar-refractivity contribution is 0.0992. The largest absolute Gasteiger partial charge is 0.494 e. The molecule has 2 aromatic rings. The third-order valence-electron chi connectivity index (χ3n) is 2.46. The van der Waals surface area contributed by atoms with E-state index in [2.05, 4.69) is 9.97 Å². The lowest BCUT2D eigenvalue weighted by atomic mass is 10.1. The number of hydrogen-bond donors (Lipinski definition) is 0. The van der Waals surface area contributed by atoms with Crippen LogP contribution in [0.4, 0.5) is 4.39 Å². The number of carbonyl (C=O) groups excluding carboxylic acids is 1. The lowest BCUT2D eigenvalue weighted by Crippen LogP contribution is -2.05. The number of ketones is 1. The van der Waals surface area contributed by atoms with E-state index in [0.717, 1.165) is 0 Å². The van der Waals surface area contributed by atoms with Crippen LogP contribution in [-0.4, -0.2) is 22.9 Å². The molecule has 5 heteroatoms. The van der Waals surface area contributed by atoms with Crippen molar-refractivity contribution in [1.82, 2.24) is 9.97 Å². The van der Waals surface area contributed by atoms with Crippen LogP contribution in [0.5, 0.6) is 5.75 Å². The molecular formula is C13H11FN2O2. The number of methoxy groups -OCH3 is 1. The zero-order chi connectivity index (χ0) is 13.0. The summed E-state index contributed by atoms with van der Waals surface area (Å²) in [4.78, 5) is 19.4. The Kier molecular flexibility index (Phi) is 3.62. The molecule has 0 aliphatic carbocycles. The molecule has 0 radical (unpaired) electrons. The number of carbonyl (C=O) groups is 1. The molecule has 0 N–H and O–H groups in total. The van der Waals surface area contributed by atoms with E-state index >= 15 is 0 Å². The van der Waals surface area contributed by atoms with E-state index in [4.69, 9.17) is 4.74 Å². The van der Waals surface area contributed by atoms with E-state index in [1.54, 1.807) is 6.07 Å². The van der Waals surface area contributed by atoms with E-state index in [1.165, 1.54) is 38.0 Å². The highest BCUT2D eigenvalue weighted by molar-refractivity contribution is 5.96. The molecule has 0 saturated heterocycles. The Bertz CT molecular complexity index is 558. The Hall–Kier alpha value is -2.30. The molecule has 0 bridgehead atoms. The van der Waals surface area contributed by atoms with Crippen LogP contribution < -0.4 is 4.74 Å². The second kappa shape index (κ2) is 5.35. The van der Waals surface area contributed by atoms with Gasteiger partial charge in [0.15, 0.2) is 17.3 Å². The highest BCUT2D eigenvalue weighted by atomic mass is 19.1. The topological polar surface area (TPSA) is 52.1 Å². The fourth-order valence-corrected chi connectivity index (χ4v) is 1.55. The van der Waals surface area contributed by atoms with Crippen LogP contribution in [-0.2, 0) is 6.42 Å². The number of hydrogen-bond acceptors (Lipinski definition) is 4. The first-order chi connectivity index (χ1) is 8.70. The first-order valence-electron chi connectivity index (χ1n) is 5.31. The van der Waals surface area contributed by atoms with Crippen LogP contribution in [0.15, 0.2) is 36.9 Å². The van der Waals surface area contributed by atoms with Gasteiger partial charge in [0.1, 0.15) is 6.33 Å². The Balaban J connectivity index is 2.15. The van der Waals surface area contributed by atoms with Crippen molar-refractivity contribution in [3.63, 3.8) is 0 Å². The first-order valence-corrected chi connectivity index (χ1v) is 5.31. The number of ether oxygens (including phenoxy) is 1. The molecule has 0 atom stereocenters. The summed E-state index contributed by atoms with van der Waals surface area (Å²) in [5.74, 6) is -0.471. The van der Waals surface area contributed by atoms with Gasteiger partial charge in [0.2, 0.25) is 0 Å². The Morgan fingerprint density at radius 1 is 1.33 bits per heavy atom. The highest BCUT2D eigenvalue weighted by Crippen LogP contribution is 2.18. The molecule has 4 nitrogen and oxygen atoms in total. The number of aromatic nitrogens is 2. The molecule has 1 aromatic heterocycles. The standard InChI is InChI=1S/C13H11FN2O2/c1-18-13-3-2-9(4-11(13)14)5-12(17)10-6-15-8-16-7-10/h2-4,6-8H,5H2,1H3. The van der Waals surface area contributed by atoms with Crippen molar-refractivity contribution in [3.05, 3.63) is 53.9 Å². The summed E-state index contributed by atoms with van der Waals surface area (Å²) in [7, 11) is 1.39. The van der Waals surface area contributed by atoms with Crippen molar-refractivity contribution in [2.75, 3.05) is 7.11 Å². The van der Waals surface area contributed by atoms with Gasteiger partial charge in [0.25, 0.3) is 0 Å². The van der Waals surface area contributed by atoms with Crippen LogP contribution in [0.3, 0.4) is 0 Å². The maximum absolute atomic E-state index is 13.4. The smallest absolute Gasteiger partial charge is 0.170 e. The van der Waals surface area contributed by atoms with Gasteiger partial charge in [-0.15, -0.1) is 0 Å². The van der Waals surface area contributed by atoms with E-state index < -0.39 is 5.82 Å². The predicted octanol–water partition coefficient (Wildman–Crippen LogP) is 2.05. The minimum absolute atomic E-state index is 0.105. The third-order valence-corrected chi connectivity index (χ3v) is 2.46. The number of nitrogens with zero attached hydrogens (tertiary/aromatic N) is 2. The monoisotopic (exact) mass is 246 g/mol. The van der Waals surface area contributed by atoms with Gasteiger partial charge in [-0.1, -0.05) is 6.07 Å². The van der Waals surface area contributed by atoms with Crippen molar-refractivity contribution in [2.24, 2.45) is 0 Å². The number of Topliss-reactive ketones (excluding diaryl/α,β-unsaturated/α-hetero) is 1. The minimum Gasteiger partial charge on any atom is -0.494 e. The van der Waals surface area contributed by atoms with E-state index in [-0.39, 0.29) is 18.0 Å². The second-order valence-electron chi connectivity index (χ2n) is 3.70. The van der Waals surface area contributed by atoms with Crippen LogP contribution in [0.2, 0.25) is 0 Å². The molecule has 1 heterocycles. The maximum Gasteiger partial charge on any atom is 0.170 e. The predicted molar refractivity (Wildman–Crippen MR) is 63.0 cm³/mol. The molecular weight excluding hydrogens is 235 g/mol. The van der Waals surface area contributed by atoms with Crippen molar-refractivity contribution >= 4 is 5.78 Å². The molecule has 2 rings (SSSR count). The van der Waals surface area contributed by atoms with Gasteiger partial charge in [-0.3, -0.25) is 4.79 Å². The molecule has 92 valence electrons. The van der Waals surface area contributed by atoms with Crippen molar-refractivity contribution in [1.29, 1.82) is 0 Å². The van der Waals surface area contributed by atoms with E-state index in [1.807, 2.05) is 0 Å². The quantitative estimate of drug-likeness (QED) is 0.775. The molecule has 0 amide bonds. The van der Waals surface area contributed by atoms with Gasteiger partial charge in [-0.05, 0) is 17.7 Å². The molecule has 0 unspecified atom stereocenters. The van der Waals surface area contributed by atoms with Crippen LogP contribution in [0, 0.1) is 5.82 Å². The maximum atomic E-state index is 13.4. The second-order valence-corrected chi connectivity index (χ2v) is 3.70. The van der Waals surface area contributed by atoms with Crippen molar-refractivity contribution in [2.45, 2.75) is 6.42 Å². The molecule has 0 aliphatic heterocycles. The number of benzene rings is 1. The van der Waals surface area contributed by atoms with Crippen LogP contribution >= 0.6 is 0 Å². The van der Waals surface area contributed by atoms with E-state index in [9.17, 15) is 9.18 Å². The fraction of sp³-hybridized carbons (Fsp3) is 0.154. The lowest BCUT2D eigenvalue weighted by Gasteiger charge is -2.04. The van der Waals surface area contributed by atoms with Crippen LogP contribution in [0.1, 0.15) is 15.9 Å². The molecule has 0 aliphatic rings. The van der Waals surface area contributed by atoms with Gasteiger partial charge in [0.05, 0.1) is 12.7 Å². The third kappa shape index (κ3) is 2.68. The molecule has 0 fully saturated rings. The summed E-state index contributed by atoms with van der Waals surface area (Å²) in [6.07, 6.45) is 4.34. The summed E-state index contributed by atoms with van der Waals surface area (Å²) in [5.41, 5.74) is 0.996. The normalized spacial score (nSPS) is 10.1. The summed E-state index contributed by atoms with van der Waals surface area (Å²) in [6.45, 7) is 0. The Morgan fingerprint density at radius 2 is 2.06 bits per heavy atom. The summed E-state index contributed by atoms with van der Waals surface area (Å²) < 4.78 is 18.3. The van der Waals surface area contributed by atoms with Gasteiger partial charge in [0, 0.05) is 18.8 Å². The minimum atomic E-state index is -0.480. The van der Waals surface area contributed by atoms with E-state index in [0.29, 0.717) is 11.1 Å². The van der Waals surface area contributed by atoms with Gasteiger partial charge in [-0.2, -0.15) is 0 Å². The van der Waals surface area contributed by atoms with Crippen molar-refractivity contribution in [3.8, 4) is 5.75 Å². The van der Waals surface area contributed by atoms with Gasteiger partial charge >= 0.3 is 0 Å². The summed E-state index contributed by atoms with van der Waals surface area (Å²) in [5, 5.41) is 0. The van der Waals surface area contributed by atoms with Gasteiger partial charge in [-0.25, -0.2) is 14.4 Å². The fourth-order valence-electron chi connectivity index (χ4n) is 1.55. The Morgan fingerprint density at radius 3 is 2.67 bits per heavy atom. The zero-order valence-corrected chi connectivity index (χ0v) is 9.76. The molecule has 18 heavy (non-hydrogen) atoms. The number of halogens is 1. The number of rotatable bonds is 4. The van der Waals surface area contributed by atoms with Crippen molar-refractivity contribution < 1.29 is 13.9 Å². The first kappa shape index (κ1) is 12.2. The average Bonchev–Trinajstić information content (AvgIpc) is 2.40. The molecule has 0 spiro atoms. The average molecular weight is 246 g/mol. The Labute approximate surface area is 103 Å². The summed E-state index contributed by atoms with van der Waals surface area (Å²) >= 11 is 0. The highest BCUT2D eigenvalue weighted by Gasteiger charge is 2.10. The van der Waals surface area contributed by atoms with Crippen LogP contribution in [0.25, 0.3) is 0 Å². The zero-order valence-electron chi connectivity index (χ0n) is 9.76. The molecule has 1 aromatic carbocycles. The molecule has 0 saturated carbocycles. The summed E-state index contributed by atoms with van der Waals surface area (Å²) in [6, 6.07) is 4.45. The van der Waals surface area contributed by atoms with Gasteiger partial charge < -0.3 is 4.74 Å². The SMILES string of the molecule is COc1ccc(CC(=O)c2cncnc2)cc1F.